The fourth-order valence-electron chi connectivity index (χ4n) is 2.09. The van der Waals surface area contributed by atoms with Gasteiger partial charge in [-0.2, -0.15) is 0 Å². The molecule has 1 aromatic carbocycles. The Morgan fingerprint density at radius 2 is 2.06 bits per heavy atom. The van der Waals surface area contributed by atoms with Crippen molar-refractivity contribution in [2.45, 2.75) is 19.9 Å². The number of fused-ring (bicyclic) bond motifs is 1. The van der Waals surface area contributed by atoms with Gasteiger partial charge in [0.2, 0.25) is 5.89 Å². The Morgan fingerprint density at radius 3 is 2.72 bits per heavy atom. The van der Waals surface area contributed by atoms with Gasteiger partial charge in [-0.05, 0) is 18.1 Å². The highest BCUT2D eigenvalue weighted by atomic mass is 16.3. The quantitative estimate of drug-likeness (QED) is 0.708. The molecular weight excluding hydrogens is 228 g/mol. The van der Waals surface area contributed by atoms with Crippen LogP contribution in [0.3, 0.4) is 0 Å². The van der Waals surface area contributed by atoms with E-state index < -0.39 is 0 Å². The summed E-state index contributed by atoms with van der Waals surface area (Å²) in [5.41, 5.74) is 1.68. The van der Waals surface area contributed by atoms with E-state index in [9.17, 15) is 0 Å². The van der Waals surface area contributed by atoms with Crippen molar-refractivity contribution < 1.29 is 4.42 Å². The van der Waals surface area contributed by atoms with E-state index in [2.05, 4.69) is 29.1 Å². The molecule has 2 aromatic heterocycles. The van der Waals surface area contributed by atoms with E-state index in [1.165, 1.54) is 0 Å². The summed E-state index contributed by atoms with van der Waals surface area (Å²) >= 11 is 0. The lowest BCUT2D eigenvalue weighted by Crippen LogP contribution is -2.17. The maximum absolute atomic E-state index is 5.82. The van der Waals surface area contributed by atoms with E-state index in [-0.39, 0.29) is 6.04 Å². The molecule has 0 saturated heterocycles. The average Bonchev–Trinajstić information content (AvgIpc) is 2.97. The third-order valence-corrected chi connectivity index (χ3v) is 2.92. The molecule has 3 rings (SSSR count). The Hall–Kier alpha value is -2.17. The van der Waals surface area contributed by atoms with Crippen molar-refractivity contribution in [3.8, 4) is 0 Å². The third-order valence-electron chi connectivity index (χ3n) is 2.92. The van der Waals surface area contributed by atoms with Gasteiger partial charge >= 0.3 is 0 Å². The first-order valence-corrected chi connectivity index (χ1v) is 5.97. The second-order valence-corrected chi connectivity index (χ2v) is 4.59. The number of hydrogen-bond donors (Lipinski definition) is 0. The summed E-state index contributed by atoms with van der Waals surface area (Å²) in [4.78, 5) is 4.54. The molecule has 0 bridgehead atoms. The third kappa shape index (κ3) is 1.77. The minimum Gasteiger partial charge on any atom is -0.438 e. The molecule has 0 N–H and O–H groups in total. The van der Waals surface area contributed by atoms with E-state index in [4.69, 9.17) is 4.42 Å². The summed E-state index contributed by atoms with van der Waals surface area (Å²) in [7, 11) is 0. The van der Waals surface area contributed by atoms with Gasteiger partial charge in [0.25, 0.3) is 0 Å². The van der Waals surface area contributed by atoms with Crippen molar-refractivity contribution >= 4 is 11.1 Å². The van der Waals surface area contributed by atoms with Crippen molar-refractivity contribution in [2.24, 2.45) is 5.92 Å². The SMILES string of the molecule is CC(C)C(c1nc2ccccc2o1)n1ccnn1. The Balaban J connectivity index is 2.10. The molecule has 0 aliphatic carbocycles. The lowest BCUT2D eigenvalue weighted by molar-refractivity contribution is 0.326. The first-order valence-electron chi connectivity index (χ1n) is 5.97. The topological polar surface area (TPSA) is 56.7 Å². The van der Waals surface area contributed by atoms with E-state index in [1.807, 2.05) is 30.5 Å². The van der Waals surface area contributed by atoms with Gasteiger partial charge in [0.15, 0.2) is 5.58 Å². The number of oxazole rings is 1. The molecule has 0 amide bonds. The van der Waals surface area contributed by atoms with E-state index in [0.717, 1.165) is 11.1 Å². The van der Waals surface area contributed by atoms with Gasteiger partial charge in [0.1, 0.15) is 11.6 Å². The van der Waals surface area contributed by atoms with Crippen LogP contribution < -0.4 is 0 Å². The molecule has 0 radical (unpaired) electrons. The van der Waals surface area contributed by atoms with Crippen LogP contribution in [-0.2, 0) is 0 Å². The summed E-state index contributed by atoms with van der Waals surface area (Å²) in [6, 6.07) is 7.73. The minimum absolute atomic E-state index is 0.0279. The molecule has 0 spiro atoms. The van der Waals surface area contributed by atoms with Crippen LogP contribution in [0, 0.1) is 5.92 Å². The first kappa shape index (κ1) is 11.0. The number of rotatable bonds is 3. The van der Waals surface area contributed by atoms with Crippen LogP contribution in [0.4, 0.5) is 0 Å². The molecule has 5 heteroatoms. The highest BCUT2D eigenvalue weighted by Crippen LogP contribution is 2.27. The zero-order chi connectivity index (χ0) is 12.5. The Labute approximate surface area is 104 Å². The van der Waals surface area contributed by atoms with Crippen LogP contribution in [0.15, 0.2) is 41.1 Å². The normalized spacial score (nSPS) is 13.3. The number of benzene rings is 1. The van der Waals surface area contributed by atoms with Crippen LogP contribution in [0.1, 0.15) is 25.8 Å². The maximum atomic E-state index is 5.82. The van der Waals surface area contributed by atoms with Gasteiger partial charge < -0.3 is 4.42 Å². The van der Waals surface area contributed by atoms with Gasteiger partial charge in [-0.15, -0.1) is 5.10 Å². The molecule has 0 fully saturated rings. The molecule has 0 saturated carbocycles. The highest BCUT2D eigenvalue weighted by molar-refractivity contribution is 5.72. The van der Waals surface area contributed by atoms with Crippen molar-refractivity contribution in [1.29, 1.82) is 0 Å². The van der Waals surface area contributed by atoms with Crippen molar-refractivity contribution in [1.82, 2.24) is 20.0 Å². The Kier molecular flexibility index (Phi) is 2.59. The predicted molar refractivity (Wildman–Crippen MR) is 67.0 cm³/mol. The van der Waals surface area contributed by atoms with Gasteiger partial charge in [0.05, 0.1) is 6.20 Å². The van der Waals surface area contributed by atoms with Crippen molar-refractivity contribution in [3.05, 3.63) is 42.5 Å². The maximum Gasteiger partial charge on any atom is 0.220 e. The summed E-state index contributed by atoms with van der Waals surface area (Å²) < 4.78 is 7.60. The molecule has 1 atom stereocenters. The van der Waals surface area contributed by atoms with Crippen LogP contribution in [0.2, 0.25) is 0 Å². The van der Waals surface area contributed by atoms with Crippen LogP contribution in [0.25, 0.3) is 11.1 Å². The molecule has 5 nitrogen and oxygen atoms in total. The van der Waals surface area contributed by atoms with Gasteiger partial charge in [-0.25, -0.2) is 9.67 Å². The minimum atomic E-state index is -0.0279. The second-order valence-electron chi connectivity index (χ2n) is 4.59. The van der Waals surface area contributed by atoms with Gasteiger partial charge in [0, 0.05) is 6.20 Å². The molecule has 3 aromatic rings. The predicted octanol–water partition coefficient (Wildman–Crippen LogP) is 2.66. The van der Waals surface area contributed by atoms with Gasteiger partial charge in [-0.3, -0.25) is 0 Å². The van der Waals surface area contributed by atoms with E-state index in [1.54, 1.807) is 10.9 Å². The van der Waals surface area contributed by atoms with Crippen LogP contribution in [0.5, 0.6) is 0 Å². The summed E-state index contributed by atoms with van der Waals surface area (Å²) in [6.45, 7) is 4.22. The van der Waals surface area contributed by atoms with Crippen LogP contribution >= 0.6 is 0 Å². The average molecular weight is 242 g/mol. The largest absolute Gasteiger partial charge is 0.438 e. The zero-order valence-corrected chi connectivity index (χ0v) is 10.3. The lowest BCUT2D eigenvalue weighted by Gasteiger charge is -2.16. The molecule has 2 heterocycles. The number of hydrogen-bond acceptors (Lipinski definition) is 4. The summed E-state index contributed by atoms with van der Waals surface area (Å²) in [6.07, 6.45) is 3.50. The molecular formula is C13H14N4O. The monoisotopic (exact) mass is 242 g/mol. The summed E-state index contributed by atoms with van der Waals surface area (Å²) in [5, 5.41) is 7.90. The summed E-state index contributed by atoms with van der Waals surface area (Å²) in [5.74, 6) is 0.997. The fourth-order valence-corrected chi connectivity index (χ4v) is 2.09. The molecule has 18 heavy (non-hydrogen) atoms. The first-order chi connectivity index (χ1) is 8.75. The van der Waals surface area contributed by atoms with Crippen LogP contribution in [-0.4, -0.2) is 20.0 Å². The molecule has 92 valence electrons. The van der Waals surface area contributed by atoms with E-state index in [0.29, 0.717) is 11.8 Å². The number of para-hydroxylation sites is 2. The second kappa shape index (κ2) is 4.25. The van der Waals surface area contributed by atoms with E-state index >= 15 is 0 Å². The molecule has 1 unspecified atom stereocenters. The number of nitrogens with zero attached hydrogens (tertiary/aromatic N) is 4. The Bertz CT molecular complexity index is 609. The fraction of sp³-hybridized carbons (Fsp3) is 0.308. The highest BCUT2D eigenvalue weighted by Gasteiger charge is 2.24. The zero-order valence-electron chi connectivity index (χ0n) is 10.3. The lowest BCUT2D eigenvalue weighted by atomic mass is 10.1. The smallest absolute Gasteiger partial charge is 0.220 e. The standard InChI is InChI=1S/C13H14N4O/c1-9(2)12(17-8-7-14-16-17)13-15-10-5-3-4-6-11(10)18-13/h3-9,12H,1-2H3. The Morgan fingerprint density at radius 1 is 1.22 bits per heavy atom. The van der Waals surface area contributed by atoms with Gasteiger partial charge in [-0.1, -0.05) is 31.2 Å². The number of aromatic nitrogens is 4. The van der Waals surface area contributed by atoms with Crippen molar-refractivity contribution in [2.75, 3.05) is 0 Å². The molecule has 0 aliphatic heterocycles. The molecule has 0 aliphatic rings. The van der Waals surface area contributed by atoms with Crippen molar-refractivity contribution in [3.63, 3.8) is 0 Å².